The van der Waals surface area contributed by atoms with Crippen molar-refractivity contribution in [3.63, 3.8) is 0 Å². The van der Waals surface area contributed by atoms with Crippen LogP contribution in [0, 0.1) is 10.1 Å². The maximum Gasteiger partial charge on any atom is 0.269 e. The van der Waals surface area contributed by atoms with Crippen LogP contribution in [0.2, 0.25) is 0 Å². The number of rotatable bonds is 4. The molecule has 5 nitrogen and oxygen atoms in total. The van der Waals surface area contributed by atoms with Crippen molar-refractivity contribution >= 4 is 5.69 Å². The molecule has 0 bridgehead atoms. The summed E-state index contributed by atoms with van der Waals surface area (Å²) in [6.45, 7) is 3.58. The van der Waals surface area contributed by atoms with E-state index in [4.69, 9.17) is 4.74 Å². The largest absolute Gasteiger partial charge is 0.380 e. The summed E-state index contributed by atoms with van der Waals surface area (Å²) < 4.78 is 5.41. The van der Waals surface area contributed by atoms with Crippen molar-refractivity contribution in [3.05, 3.63) is 39.9 Å². The van der Waals surface area contributed by atoms with Crippen molar-refractivity contribution in [1.29, 1.82) is 0 Å². The molecule has 0 radical (unpaired) electrons. The highest BCUT2D eigenvalue weighted by Gasteiger charge is 2.17. The van der Waals surface area contributed by atoms with Gasteiger partial charge in [0, 0.05) is 30.8 Å². The number of hydrogen-bond donors (Lipinski definition) is 1. The van der Waals surface area contributed by atoms with Crippen LogP contribution in [-0.4, -0.2) is 24.2 Å². The van der Waals surface area contributed by atoms with Crippen molar-refractivity contribution in [2.75, 3.05) is 13.2 Å². The highest BCUT2D eigenvalue weighted by Crippen LogP contribution is 2.20. The summed E-state index contributed by atoms with van der Waals surface area (Å²) in [4.78, 5) is 10.4. The zero-order chi connectivity index (χ0) is 13.0. The minimum Gasteiger partial charge on any atom is -0.380 e. The monoisotopic (exact) mass is 250 g/mol. The Morgan fingerprint density at radius 1 is 1.56 bits per heavy atom. The lowest BCUT2D eigenvalue weighted by Crippen LogP contribution is -2.38. The van der Waals surface area contributed by atoms with Gasteiger partial charge in [-0.15, -0.1) is 0 Å². The number of non-ortho nitro benzene ring substituents is 1. The van der Waals surface area contributed by atoms with Crippen LogP contribution in [0.3, 0.4) is 0 Å². The van der Waals surface area contributed by atoms with E-state index in [0.29, 0.717) is 6.04 Å². The topological polar surface area (TPSA) is 64.4 Å². The molecular weight excluding hydrogens is 232 g/mol. The first-order valence-electron chi connectivity index (χ1n) is 6.25. The van der Waals surface area contributed by atoms with Gasteiger partial charge < -0.3 is 10.1 Å². The Morgan fingerprint density at radius 2 is 2.39 bits per heavy atom. The zero-order valence-corrected chi connectivity index (χ0v) is 10.5. The van der Waals surface area contributed by atoms with Crippen molar-refractivity contribution in [2.24, 2.45) is 0 Å². The number of nitro groups is 1. The average Bonchev–Trinajstić information content (AvgIpc) is 2.40. The second-order valence-corrected chi connectivity index (χ2v) is 4.65. The fourth-order valence-electron chi connectivity index (χ4n) is 2.23. The maximum absolute atomic E-state index is 10.7. The standard InChI is InChI=1S/C13H18N2O3/c1-10(14-12-5-3-7-18-9-12)11-4-2-6-13(8-11)15(16)17/h2,4,6,8,10,12,14H,3,5,7,9H2,1H3. The van der Waals surface area contributed by atoms with Gasteiger partial charge in [-0.2, -0.15) is 0 Å². The summed E-state index contributed by atoms with van der Waals surface area (Å²) in [5, 5.41) is 14.2. The van der Waals surface area contributed by atoms with E-state index in [-0.39, 0.29) is 16.7 Å². The van der Waals surface area contributed by atoms with E-state index in [1.54, 1.807) is 12.1 Å². The van der Waals surface area contributed by atoms with Crippen LogP contribution >= 0.6 is 0 Å². The molecule has 0 spiro atoms. The Morgan fingerprint density at radius 3 is 3.06 bits per heavy atom. The summed E-state index contributed by atoms with van der Waals surface area (Å²) in [5.41, 5.74) is 1.08. The van der Waals surface area contributed by atoms with Crippen LogP contribution in [0.4, 0.5) is 5.69 Å². The van der Waals surface area contributed by atoms with Gasteiger partial charge in [0.25, 0.3) is 5.69 Å². The van der Waals surface area contributed by atoms with Crippen LogP contribution in [-0.2, 0) is 4.74 Å². The predicted molar refractivity (Wildman–Crippen MR) is 68.5 cm³/mol. The van der Waals surface area contributed by atoms with Gasteiger partial charge in [0.2, 0.25) is 0 Å². The van der Waals surface area contributed by atoms with E-state index in [1.165, 1.54) is 6.07 Å². The second-order valence-electron chi connectivity index (χ2n) is 4.65. The fraction of sp³-hybridized carbons (Fsp3) is 0.538. The minimum atomic E-state index is -0.361. The molecule has 5 heteroatoms. The predicted octanol–water partition coefficient (Wildman–Crippen LogP) is 2.42. The smallest absolute Gasteiger partial charge is 0.269 e. The first kappa shape index (κ1) is 13.0. The van der Waals surface area contributed by atoms with Crippen molar-refractivity contribution < 1.29 is 9.66 Å². The molecule has 0 saturated carbocycles. The SMILES string of the molecule is CC(NC1CCCOC1)c1cccc([N+](=O)[O-])c1. The molecule has 1 aliphatic heterocycles. The lowest BCUT2D eigenvalue weighted by Gasteiger charge is -2.26. The molecule has 1 aliphatic rings. The fourth-order valence-corrected chi connectivity index (χ4v) is 2.23. The molecular formula is C13H18N2O3. The maximum atomic E-state index is 10.7. The molecule has 0 aromatic heterocycles. The first-order valence-corrected chi connectivity index (χ1v) is 6.25. The van der Waals surface area contributed by atoms with Crippen LogP contribution in [0.25, 0.3) is 0 Å². The molecule has 2 unspecified atom stereocenters. The number of nitro benzene ring substituents is 1. The van der Waals surface area contributed by atoms with Crippen molar-refractivity contribution in [1.82, 2.24) is 5.32 Å². The second kappa shape index (κ2) is 5.93. The van der Waals surface area contributed by atoms with Gasteiger partial charge in [-0.25, -0.2) is 0 Å². The highest BCUT2D eigenvalue weighted by molar-refractivity contribution is 5.35. The molecule has 2 atom stereocenters. The summed E-state index contributed by atoms with van der Waals surface area (Å²) in [6, 6.07) is 7.21. The Labute approximate surface area is 106 Å². The molecule has 2 rings (SSSR count). The summed E-state index contributed by atoms with van der Waals surface area (Å²) in [5.74, 6) is 0. The Bertz CT molecular complexity index is 416. The number of ether oxygens (including phenoxy) is 1. The third-order valence-corrected chi connectivity index (χ3v) is 3.23. The van der Waals surface area contributed by atoms with Crippen molar-refractivity contribution in [2.45, 2.75) is 31.8 Å². The van der Waals surface area contributed by atoms with Gasteiger partial charge >= 0.3 is 0 Å². The van der Waals surface area contributed by atoms with E-state index in [0.717, 1.165) is 31.6 Å². The Kier molecular flexibility index (Phi) is 4.28. The van der Waals surface area contributed by atoms with Gasteiger partial charge in [0.05, 0.1) is 11.5 Å². The van der Waals surface area contributed by atoms with E-state index in [1.807, 2.05) is 13.0 Å². The molecule has 0 amide bonds. The third kappa shape index (κ3) is 3.27. The van der Waals surface area contributed by atoms with E-state index in [9.17, 15) is 10.1 Å². The van der Waals surface area contributed by atoms with E-state index >= 15 is 0 Å². The normalized spacial score (nSPS) is 21.5. The zero-order valence-electron chi connectivity index (χ0n) is 10.5. The van der Waals surface area contributed by atoms with Crippen LogP contribution < -0.4 is 5.32 Å². The summed E-state index contributed by atoms with van der Waals surface area (Å²) in [6.07, 6.45) is 2.17. The number of nitrogens with one attached hydrogen (secondary N) is 1. The van der Waals surface area contributed by atoms with Crippen LogP contribution in [0.15, 0.2) is 24.3 Å². The molecule has 1 aromatic carbocycles. The van der Waals surface area contributed by atoms with Crippen LogP contribution in [0.1, 0.15) is 31.4 Å². The molecule has 0 aliphatic carbocycles. The van der Waals surface area contributed by atoms with Crippen LogP contribution in [0.5, 0.6) is 0 Å². The molecule has 1 saturated heterocycles. The lowest BCUT2D eigenvalue weighted by molar-refractivity contribution is -0.384. The van der Waals surface area contributed by atoms with Gasteiger partial charge in [0.15, 0.2) is 0 Å². The molecule has 1 aromatic rings. The molecule has 18 heavy (non-hydrogen) atoms. The Balaban J connectivity index is 2.01. The molecule has 1 fully saturated rings. The minimum absolute atomic E-state index is 0.0941. The van der Waals surface area contributed by atoms with E-state index < -0.39 is 0 Å². The number of hydrogen-bond acceptors (Lipinski definition) is 4. The van der Waals surface area contributed by atoms with E-state index in [2.05, 4.69) is 5.32 Å². The number of benzene rings is 1. The van der Waals surface area contributed by atoms with Crippen molar-refractivity contribution in [3.8, 4) is 0 Å². The first-order chi connectivity index (χ1) is 8.66. The quantitative estimate of drug-likeness (QED) is 0.658. The lowest BCUT2D eigenvalue weighted by atomic mass is 10.0. The van der Waals surface area contributed by atoms with Gasteiger partial charge in [-0.05, 0) is 25.3 Å². The van der Waals surface area contributed by atoms with Gasteiger partial charge in [-0.1, -0.05) is 12.1 Å². The third-order valence-electron chi connectivity index (χ3n) is 3.23. The molecule has 98 valence electrons. The van der Waals surface area contributed by atoms with Gasteiger partial charge in [0.1, 0.15) is 0 Å². The molecule has 1 N–H and O–H groups in total. The summed E-state index contributed by atoms with van der Waals surface area (Å²) >= 11 is 0. The summed E-state index contributed by atoms with van der Waals surface area (Å²) in [7, 11) is 0. The highest BCUT2D eigenvalue weighted by atomic mass is 16.6. The number of nitrogens with zero attached hydrogens (tertiary/aromatic N) is 1. The van der Waals surface area contributed by atoms with Gasteiger partial charge in [-0.3, -0.25) is 10.1 Å². The molecule has 1 heterocycles. The average molecular weight is 250 g/mol. The Hall–Kier alpha value is -1.46.